The standard InChI is InChI=1S/C34H32ClFN4O5/c1-34(25-7-6-22(35)16-26(25)36)43-30-4-2-3-24(33(30)44-34)20-9-12-39(13-10-20)19-31-37-27-8-5-21(28-17-32(41)45-38-28)15-29(27)40(31)18-23-11-14-42-23/h2-8,15-16,20,23H,9-14,17-19H2,1H3/t23-,34+/m0/s1. The van der Waals surface area contributed by atoms with Crippen molar-refractivity contribution < 1.29 is 28.2 Å². The molecule has 8 rings (SSSR count). The molecule has 5 heterocycles. The lowest BCUT2D eigenvalue weighted by molar-refractivity contribution is -0.140. The molecule has 0 bridgehead atoms. The Hall–Kier alpha value is -3.99. The highest BCUT2D eigenvalue weighted by Gasteiger charge is 2.43. The number of hydrogen-bond donors (Lipinski definition) is 0. The fraction of sp³-hybridized carbons (Fsp3) is 0.382. The number of ether oxygens (including phenoxy) is 3. The van der Waals surface area contributed by atoms with Crippen molar-refractivity contribution in [1.29, 1.82) is 0 Å². The quantitative estimate of drug-likeness (QED) is 0.222. The van der Waals surface area contributed by atoms with Gasteiger partial charge < -0.3 is 23.6 Å². The molecule has 232 valence electrons. The number of piperidine rings is 1. The lowest BCUT2D eigenvalue weighted by Crippen LogP contribution is -2.35. The molecule has 0 unspecified atom stereocenters. The Morgan fingerprint density at radius 2 is 1.91 bits per heavy atom. The molecule has 11 heteroatoms. The number of likely N-dealkylation sites (tertiary alicyclic amines) is 1. The minimum absolute atomic E-state index is 0.165. The van der Waals surface area contributed by atoms with Crippen molar-refractivity contribution in [2.75, 3.05) is 19.7 Å². The number of rotatable bonds is 7. The molecule has 0 N–H and O–H groups in total. The Kier molecular flexibility index (Phi) is 7.04. The summed E-state index contributed by atoms with van der Waals surface area (Å²) in [6, 6.07) is 16.5. The first-order valence-electron chi connectivity index (χ1n) is 15.4. The molecule has 0 amide bonds. The summed E-state index contributed by atoms with van der Waals surface area (Å²) in [5, 5.41) is 4.29. The number of carbonyl (C=O) groups excluding carboxylic acids is 1. The third kappa shape index (κ3) is 5.24. The smallest absolute Gasteiger partial charge is 0.341 e. The van der Waals surface area contributed by atoms with Crippen LogP contribution in [-0.2, 0) is 33.2 Å². The molecule has 4 aliphatic heterocycles. The summed E-state index contributed by atoms with van der Waals surface area (Å²) < 4.78 is 35.5. The van der Waals surface area contributed by atoms with E-state index in [0.29, 0.717) is 34.3 Å². The molecule has 2 saturated heterocycles. The number of nitrogens with zero attached hydrogens (tertiary/aromatic N) is 4. The summed E-state index contributed by atoms with van der Waals surface area (Å²) in [7, 11) is 0. The lowest BCUT2D eigenvalue weighted by Gasteiger charge is -2.33. The second kappa shape index (κ2) is 11.1. The molecule has 45 heavy (non-hydrogen) atoms. The number of imidazole rings is 1. The van der Waals surface area contributed by atoms with Crippen molar-refractivity contribution in [3.63, 3.8) is 0 Å². The number of para-hydroxylation sites is 1. The first-order valence-corrected chi connectivity index (χ1v) is 15.8. The minimum Gasteiger partial charge on any atom is -0.444 e. The zero-order chi connectivity index (χ0) is 30.7. The number of benzene rings is 3. The Morgan fingerprint density at radius 3 is 2.64 bits per heavy atom. The van der Waals surface area contributed by atoms with Crippen LogP contribution >= 0.6 is 11.6 Å². The Morgan fingerprint density at radius 1 is 1.07 bits per heavy atom. The topological polar surface area (TPSA) is 87.4 Å². The van der Waals surface area contributed by atoms with Crippen LogP contribution in [0.5, 0.6) is 11.5 Å². The van der Waals surface area contributed by atoms with E-state index in [9.17, 15) is 9.18 Å². The summed E-state index contributed by atoms with van der Waals surface area (Å²) in [6.45, 7) is 5.75. The van der Waals surface area contributed by atoms with Crippen LogP contribution in [0.15, 0.2) is 59.8 Å². The minimum atomic E-state index is -1.27. The Balaban J connectivity index is 0.996. The molecule has 0 aliphatic carbocycles. The van der Waals surface area contributed by atoms with E-state index in [1.54, 1.807) is 19.1 Å². The van der Waals surface area contributed by atoms with Gasteiger partial charge in [-0.2, -0.15) is 0 Å². The van der Waals surface area contributed by atoms with E-state index in [0.717, 1.165) is 73.5 Å². The van der Waals surface area contributed by atoms with Gasteiger partial charge in [-0.1, -0.05) is 35.0 Å². The zero-order valence-corrected chi connectivity index (χ0v) is 25.6. The van der Waals surface area contributed by atoms with E-state index in [4.69, 9.17) is 35.6 Å². The first kappa shape index (κ1) is 28.5. The summed E-state index contributed by atoms with van der Waals surface area (Å²) in [4.78, 5) is 24.0. The highest BCUT2D eigenvalue weighted by molar-refractivity contribution is 6.30. The molecule has 0 saturated carbocycles. The number of hydrogen-bond acceptors (Lipinski definition) is 8. The van der Waals surface area contributed by atoms with Crippen LogP contribution < -0.4 is 9.47 Å². The van der Waals surface area contributed by atoms with Crippen molar-refractivity contribution in [3.8, 4) is 11.5 Å². The molecule has 4 aliphatic rings. The molecular formula is C34H32ClFN4O5. The van der Waals surface area contributed by atoms with Crippen molar-refractivity contribution in [2.45, 2.75) is 63.5 Å². The summed E-state index contributed by atoms with van der Waals surface area (Å²) >= 11 is 5.99. The number of aromatic nitrogens is 2. The normalized spacial score (nSPS) is 23.3. The van der Waals surface area contributed by atoms with Crippen LogP contribution in [0.2, 0.25) is 5.02 Å². The average molecular weight is 631 g/mol. The highest BCUT2D eigenvalue weighted by atomic mass is 35.5. The van der Waals surface area contributed by atoms with Crippen LogP contribution in [0, 0.1) is 5.82 Å². The van der Waals surface area contributed by atoms with Gasteiger partial charge in [-0.15, -0.1) is 0 Å². The van der Waals surface area contributed by atoms with Crippen molar-refractivity contribution >= 4 is 34.3 Å². The van der Waals surface area contributed by atoms with E-state index < -0.39 is 11.6 Å². The lowest BCUT2D eigenvalue weighted by atomic mass is 9.88. The van der Waals surface area contributed by atoms with Crippen molar-refractivity contribution in [2.24, 2.45) is 5.16 Å². The first-order chi connectivity index (χ1) is 21.8. The molecule has 3 aromatic carbocycles. The average Bonchev–Trinajstić information content (AvgIpc) is 3.69. The monoisotopic (exact) mass is 630 g/mol. The number of fused-ring (bicyclic) bond motifs is 2. The molecule has 2 fully saturated rings. The fourth-order valence-electron chi connectivity index (χ4n) is 6.81. The molecule has 1 aromatic heterocycles. The molecule has 4 aromatic rings. The SMILES string of the molecule is C[C@@]1(c2ccc(Cl)cc2F)Oc2cccc(C3CCN(Cc4nc5ccc(C6=NOC(=O)C6)cc5n4C[C@@H]4CCO4)CC3)c2O1. The van der Waals surface area contributed by atoms with Gasteiger partial charge in [0.2, 0.25) is 0 Å². The molecule has 0 radical (unpaired) electrons. The maximum Gasteiger partial charge on any atom is 0.341 e. The zero-order valence-electron chi connectivity index (χ0n) is 24.8. The van der Waals surface area contributed by atoms with E-state index in [1.807, 2.05) is 24.3 Å². The predicted octanol–water partition coefficient (Wildman–Crippen LogP) is 6.29. The van der Waals surface area contributed by atoms with Crippen LogP contribution in [0.25, 0.3) is 11.0 Å². The van der Waals surface area contributed by atoms with E-state index in [-0.39, 0.29) is 24.4 Å². The van der Waals surface area contributed by atoms with Gasteiger partial charge in [0.05, 0.1) is 47.9 Å². The largest absolute Gasteiger partial charge is 0.444 e. The summed E-state index contributed by atoms with van der Waals surface area (Å²) in [5.74, 6) is 0.505. The van der Waals surface area contributed by atoms with Crippen LogP contribution in [0.1, 0.15) is 61.0 Å². The number of oxime groups is 1. The van der Waals surface area contributed by atoms with E-state index >= 15 is 0 Å². The third-order valence-electron chi connectivity index (χ3n) is 9.33. The maximum atomic E-state index is 14.9. The van der Waals surface area contributed by atoms with Crippen molar-refractivity contribution in [3.05, 3.63) is 88.0 Å². The van der Waals surface area contributed by atoms with Crippen LogP contribution in [-0.4, -0.2) is 51.9 Å². The third-order valence-corrected chi connectivity index (χ3v) is 9.57. The second-order valence-electron chi connectivity index (χ2n) is 12.3. The van der Waals surface area contributed by atoms with Gasteiger partial charge in [0.25, 0.3) is 5.79 Å². The Labute approximate surface area is 264 Å². The molecule has 2 atom stereocenters. The Bertz CT molecular complexity index is 1850. The fourth-order valence-corrected chi connectivity index (χ4v) is 6.97. The summed E-state index contributed by atoms with van der Waals surface area (Å²) in [6.07, 6.45) is 3.24. The van der Waals surface area contributed by atoms with Gasteiger partial charge in [0.1, 0.15) is 11.6 Å². The molecule has 0 spiro atoms. The van der Waals surface area contributed by atoms with Gasteiger partial charge in [-0.25, -0.2) is 14.2 Å². The number of halogens is 2. The van der Waals surface area contributed by atoms with Crippen LogP contribution in [0.4, 0.5) is 4.39 Å². The van der Waals surface area contributed by atoms with Gasteiger partial charge in [0.15, 0.2) is 11.5 Å². The second-order valence-corrected chi connectivity index (χ2v) is 12.7. The van der Waals surface area contributed by atoms with E-state index in [2.05, 4.69) is 26.8 Å². The van der Waals surface area contributed by atoms with Gasteiger partial charge in [-0.3, -0.25) is 4.90 Å². The molecule has 9 nitrogen and oxygen atoms in total. The van der Waals surface area contributed by atoms with Gasteiger partial charge >= 0.3 is 5.97 Å². The number of carbonyl (C=O) groups is 1. The van der Waals surface area contributed by atoms with Gasteiger partial charge in [0, 0.05) is 29.7 Å². The van der Waals surface area contributed by atoms with Crippen molar-refractivity contribution in [1.82, 2.24) is 14.5 Å². The predicted molar refractivity (Wildman–Crippen MR) is 165 cm³/mol. The summed E-state index contributed by atoms with van der Waals surface area (Å²) in [5.41, 5.74) is 4.82. The van der Waals surface area contributed by atoms with Crippen LogP contribution in [0.3, 0.4) is 0 Å². The van der Waals surface area contributed by atoms with Gasteiger partial charge in [-0.05, 0) is 74.7 Å². The maximum absolute atomic E-state index is 14.9. The van der Waals surface area contributed by atoms with E-state index in [1.165, 1.54) is 6.07 Å². The highest BCUT2D eigenvalue weighted by Crippen LogP contribution is 2.50. The molecular weight excluding hydrogens is 599 g/mol.